The Kier molecular flexibility index (Phi) is 4.54. The number of nitrogens with zero attached hydrogens (tertiary/aromatic N) is 1. The summed E-state index contributed by atoms with van der Waals surface area (Å²) in [5.41, 5.74) is 3.49. The van der Waals surface area contributed by atoms with E-state index in [1.165, 1.54) is 4.90 Å². The van der Waals surface area contributed by atoms with Crippen molar-refractivity contribution < 1.29 is 19.2 Å². The summed E-state index contributed by atoms with van der Waals surface area (Å²) in [6.45, 7) is 0.536. The van der Waals surface area contributed by atoms with E-state index < -0.39 is 11.9 Å². The van der Waals surface area contributed by atoms with Gasteiger partial charge in [0.1, 0.15) is 6.04 Å². The van der Waals surface area contributed by atoms with E-state index in [2.05, 4.69) is 15.6 Å². The monoisotopic (exact) mass is 416 g/mol. The summed E-state index contributed by atoms with van der Waals surface area (Å²) >= 11 is 0. The highest BCUT2D eigenvalue weighted by Gasteiger charge is 2.39. The van der Waals surface area contributed by atoms with Gasteiger partial charge in [0.05, 0.1) is 11.1 Å². The number of amides is 4. The molecule has 31 heavy (non-hydrogen) atoms. The first-order valence-corrected chi connectivity index (χ1v) is 10.1. The molecule has 2 aliphatic heterocycles. The molecule has 3 heterocycles. The summed E-state index contributed by atoms with van der Waals surface area (Å²) in [4.78, 5) is 54.0. The van der Waals surface area contributed by atoms with Crippen molar-refractivity contribution in [3.8, 4) is 0 Å². The summed E-state index contributed by atoms with van der Waals surface area (Å²) in [6, 6.07) is 12.2. The lowest BCUT2D eigenvalue weighted by molar-refractivity contribution is -0.136. The fraction of sp³-hybridized carbons (Fsp3) is 0.217. The van der Waals surface area contributed by atoms with Crippen LogP contribution in [0.15, 0.2) is 48.7 Å². The molecule has 1 saturated heterocycles. The van der Waals surface area contributed by atoms with E-state index in [0.29, 0.717) is 17.5 Å². The number of para-hydroxylation sites is 1. The molecule has 1 unspecified atom stereocenters. The smallest absolute Gasteiger partial charge is 0.255 e. The third-order valence-electron chi connectivity index (χ3n) is 5.95. The van der Waals surface area contributed by atoms with Crippen molar-refractivity contribution in [1.29, 1.82) is 0 Å². The third-order valence-corrected chi connectivity index (χ3v) is 5.95. The molecule has 156 valence electrons. The van der Waals surface area contributed by atoms with Gasteiger partial charge in [-0.1, -0.05) is 24.3 Å². The van der Waals surface area contributed by atoms with Gasteiger partial charge in [-0.3, -0.25) is 24.5 Å². The zero-order valence-corrected chi connectivity index (χ0v) is 16.6. The van der Waals surface area contributed by atoms with Crippen molar-refractivity contribution in [2.24, 2.45) is 0 Å². The number of hydrogen-bond acceptors (Lipinski definition) is 4. The second kappa shape index (κ2) is 7.39. The Morgan fingerprint density at radius 1 is 1.10 bits per heavy atom. The van der Waals surface area contributed by atoms with Gasteiger partial charge in [0, 0.05) is 36.7 Å². The van der Waals surface area contributed by atoms with Crippen molar-refractivity contribution >= 4 is 34.5 Å². The fourth-order valence-electron chi connectivity index (χ4n) is 4.36. The van der Waals surface area contributed by atoms with Gasteiger partial charge in [0.25, 0.3) is 11.8 Å². The van der Waals surface area contributed by atoms with Crippen LogP contribution in [0.4, 0.5) is 0 Å². The number of nitrogens with one attached hydrogen (secondary N) is 3. The van der Waals surface area contributed by atoms with Crippen LogP contribution < -0.4 is 10.6 Å². The van der Waals surface area contributed by atoms with E-state index in [9.17, 15) is 19.2 Å². The average Bonchev–Trinajstić information content (AvgIpc) is 3.37. The number of imide groups is 1. The van der Waals surface area contributed by atoms with Gasteiger partial charge in [-0.2, -0.15) is 0 Å². The molecule has 1 atom stereocenters. The first kappa shape index (κ1) is 19.0. The first-order chi connectivity index (χ1) is 15.0. The SMILES string of the molecule is O=C1CCC(N2Cc3c(CNC(=O)c4cccc5cc[nH]c45)cccc3C2=O)C(=O)N1. The Morgan fingerprint density at radius 2 is 1.94 bits per heavy atom. The van der Waals surface area contributed by atoms with Gasteiger partial charge in [-0.05, 0) is 35.7 Å². The standard InChI is InChI=1S/C23H20N4O4/c28-19-8-7-18(22(30)26-19)27-12-17-14(4-2-5-15(17)23(27)31)11-25-21(29)16-6-1-3-13-9-10-24-20(13)16/h1-6,9-10,18,24H,7-8,11-12H2,(H,25,29)(H,26,28,30). The summed E-state index contributed by atoms with van der Waals surface area (Å²) < 4.78 is 0. The Labute approximate surface area is 177 Å². The molecule has 2 aliphatic rings. The molecule has 3 N–H and O–H groups in total. The van der Waals surface area contributed by atoms with Crippen LogP contribution in [0.1, 0.15) is 44.7 Å². The van der Waals surface area contributed by atoms with Crippen LogP contribution in [0, 0.1) is 0 Å². The number of aromatic nitrogens is 1. The Bertz CT molecular complexity index is 1250. The average molecular weight is 416 g/mol. The topological polar surface area (TPSA) is 111 Å². The van der Waals surface area contributed by atoms with Crippen LogP contribution in [-0.4, -0.2) is 39.6 Å². The number of H-pyrrole nitrogens is 1. The van der Waals surface area contributed by atoms with Gasteiger partial charge in [-0.15, -0.1) is 0 Å². The molecule has 0 bridgehead atoms. The summed E-state index contributed by atoms with van der Waals surface area (Å²) in [7, 11) is 0. The molecule has 8 nitrogen and oxygen atoms in total. The van der Waals surface area contributed by atoms with Gasteiger partial charge in [0.15, 0.2) is 0 Å². The quantitative estimate of drug-likeness (QED) is 0.564. The maximum absolute atomic E-state index is 12.9. The van der Waals surface area contributed by atoms with Crippen LogP contribution in [0.2, 0.25) is 0 Å². The van der Waals surface area contributed by atoms with E-state index in [1.807, 2.05) is 24.3 Å². The number of rotatable bonds is 4. The lowest BCUT2D eigenvalue weighted by Crippen LogP contribution is -2.52. The minimum atomic E-state index is -0.662. The van der Waals surface area contributed by atoms with E-state index in [-0.39, 0.29) is 37.2 Å². The molecular weight excluding hydrogens is 396 g/mol. The number of benzene rings is 2. The van der Waals surface area contributed by atoms with Crippen molar-refractivity contribution in [2.75, 3.05) is 0 Å². The Morgan fingerprint density at radius 3 is 2.77 bits per heavy atom. The van der Waals surface area contributed by atoms with Gasteiger partial charge < -0.3 is 15.2 Å². The maximum atomic E-state index is 12.9. The number of fused-ring (bicyclic) bond motifs is 2. The molecule has 0 spiro atoms. The largest absolute Gasteiger partial charge is 0.361 e. The zero-order chi connectivity index (χ0) is 21.5. The lowest BCUT2D eigenvalue weighted by Gasteiger charge is -2.29. The first-order valence-electron chi connectivity index (χ1n) is 10.1. The summed E-state index contributed by atoms with van der Waals surface area (Å²) in [5, 5.41) is 6.20. The second-order valence-electron chi connectivity index (χ2n) is 7.77. The normalized spacial score (nSPS) is 18.3. The van der Waals surface area contributed by atoms with Crippen LogP contribution >= 0.6 is 0 Å². The molecule has 0 radical (unpaired) electrons. The maximum Gasteiger partial charge on any atom is 0.255 e. The second-order valence-corrected chi connectivity index (χ2v) is 7.77. The molecule has 3 aromatic rings. The molecule has 4 amide bonds. The molecule has 8 heteroatoms. The fourth-order valence-corrected chi connectivity index (χ4v) is 4.36. The predicted molar refractivity (Wildman–Crippen MR) is 112 cm³/mol. The number of piperidine rings is 1. The zero-order valence-electron chi connectivity index (χ0n) is 16.6. The molecule has 0 aliphatic carbocycles. The number of hydrogen-bond donors (Lipinski definition) is 3. The number of carbonyl (C=O) groups is 4. The van der Waals surface area contributed by atoms with Gasteiger partial charge in [0.2, 0.25) is 11.8 Å². The summed E-state index contributed by atoms with van der Waals surface area (Å²) in [5.74, 6) is -1.19. The molecule has 2 aromatic carbocycles. The highest BCUT2D eigenvalue weighted by atomic mass is 16.2. The van der Waals surface area contributed by atoms with Crippen LogP contribution in [0.5, 0.6) is 0 Å². The van der Waals surface area contributed by atoms with E-state index >= 15 is 0 Å². The van der Waals surface area contributed by atoms with E-state index in [4.69, 9.17) is 0 Å². The van der Waals surface area contributed by atoms with Crippen LogP contribution in [0.25, 0.3) is 10.9 Å². The molecular formula is C23H20N4O4. The van der Waals surface area contributed by atoms with Gasteiger partial charge >= 0.3 is 0 Å². The molecule has 1 fully saturated rings. The molecule has 1 aromatic heterocycles. The summed E-state index contributed by atoms with van der Waals surface area (Å²) in [6.07, 6.45) is 2.32. The molecule has 5 rings (SSSR count). The Hall–Kier alpha value is -3.94. The Balaban J connectivity index is 1.35. The van der Waals surface area contributed by atoms with Crippen LogP contribution in [-0.2, 0) is 22.7 Å². The number of aromatic amines is 1. The molecule has 0 saturated carbocycles. The third kappa shape index (κ3) is 3.26. The van der Waals surface area contributed by atoms with Crippen molar-refractivity contribution in [3.05, 3.63) is 70.9 Å². The van der Waals surface area contributed by atoms with Crippen LogP contribution in [0.3, 0.4) is 0 Å². The lowest BCUT2D eigenvalue weighted by atomic mass is 10.0. The van der Waals surface area contributed by atoms with E-state index in [0.717, 1.165) is 22.0 Å². The highest BCUT2D eigenvalue weighted by molar-refractivity contribution is 6.06. The van der Waals surface area contributed by atoms with Gasteiger partial charge in [-0.25, -0.2) is 0 Å². The minimum absolute atomic E-state index is 0.211. The highest BCUT2D eigenvalue weighted by Crippen LogP contribution is 2.30. The van der Waals surface area contributed by atoms with Crippen molar-refractivity contribution in [2.45, 2.75) is 32.0 Å². The van der Waals surface area contributed by atoms with Crippen molar-refractivity contribution in [1.82, 2.24) is 20.5 Å². The predicted octanol–water partition coefficient (Wildman–Crippen LogP) is 1.86. The minimum Gasteiger partial charge on any atom is -0.361 e. The number of carbonyl (C=O) groups excluding carboxylic acids is 4. The van der Waals surface area contributed by atoms with E-state index in [1.54, 1.807) is 24.4 Å². The van der Waals surface area contributed by atoms with Crippen molar-refractivity contribution in [3.63, 3.8) is 0 Å².